The minimum atomic E-state index is -2.79. The first-order chi connectivity index (χ1) is 4.50. The molecule has 0 bridgehead atoms. The van der Waals surface area contributed by atoms with Crippen molar-refractivity contribution in [2.45, 2.75) is 25.5 Å². The summed E-state index contributed by atoms with van der Waals surface area (Å²) < 4.78 is 22.1. The molecule has 2 nitrogen and oxygen atoms in total. The van der Waals surface area contributed by atoms with Gasteiger partial charge in [0, 0.05) is 5.33 Å². The van der Waals surface area contributed by atoms with E-state index in [9.17, 15) is 8.42 Å². The highest BCUT2D eigenvalue weighted by Crippen LogP contribution is 2.03. The molecule has 62 valence electrons. The molecule has 0 saturated carbocycles. The second-order valence-corrected chi connectivity index (χ2v) is 5.93. The van der Waals surface area contributed by atoms with Crippen molar-refractivity contribution in [2.24, 2.45) is 0 Å². The van der Waals surface area contributed by atoms with E-state index in [1.165, 1.54) is 0 Å². The molecule has 0 radical (unpaired) electrons. The van der Waals surface area contributed by atoms with Crippen molar-refractivity contribution >= 4 is 25.8 Å². The fourth-order valence-electron chi connectivity index (χ4n) is 0.491. The number of hydrogen-bond donors (Lipinski definition) is 0. The van der Waals surface area contributed by atoms with Crippen LogP contribution in [0.4, 0.5) is 0 Å². The van der Waals surface area contributed by atoms with Crippen molar-refractivity contribution in [1.29, 1.82) is 0 Å². The van der Waals surface area contributed by atoms with Gasteiger partial charge in [-0.3, -0.25) is 0 Å². The van der Waals surface area contributed by atoms with E-state index in [-0.39, 0.29) is 5.25 Å². The molecule has 0 atom stereocenters. The quantitative estimate of drug-likeness (QED) is 0.686. The van der Waals surface area contributed by atoms with Gasteiger partial charge in [-0.2, -0.15) is 0 Å². The molecule has 0 spiro atoms. The number of alkyl halides is 1. The molecule has 0 aliphatic heterocycles. The minimum Gasteiger partial charge on any atom is -0.229 e. The lowest BCUT2D eigenvalue weighted by atomic mass is 10.6. The molecule has 10 heavy (non-hydrogen) atoms. The zero-order chi connectivity index (χ0) is 8.20. The van der Waals surface area contributed by atoms with Gasteiger partial charge < -0.3 is 0 Å². The van der Waals surface area contributed by atoms with Gasteiger partial charge in [0.05, 0.1) is 11.0 Å². The van der Waals surface area contributed by atoms with Gasteiger partial charge >= 0.3 is 0 Å². The molecule has 0 rings (SSSR count). The summed E-state index contributed by atoms with van der Waals surface area (Å²) in [6.45, 7) is 3.42. The second kappa shape index (κ2) is 4.34. The standard InChI is InChI=1S/C6H13BrO2S/c1-6(2)10(8,9)5-3-4-7/h6H,3-5H2,1-2H3. The van der Waals surface area contributed by atoms with Crippen molar-refractivity contribution in [3.05, 3.63) is 0 Å². The summed E-state index contributed by atoms with van der Waals surface area (Å²) in [7, 11) is -2.79. The Bertz CT molecular complexity index is 172. The van der Waals surface area contributed by atoms with Crippen molar-refractivity contribution in [2.75, 3.05) is 11.1 Å². The van der Waals surface area contributed by atoms with Gasteiger partial charge in [0.2, 0.25) is 0 Å². The van der Waals surface area contributed by atoms with Crippen LogP contribution in [-0.4, -0.2) is 24.8 Å². The molecule has 0 aliphatic rings. The van der Waals surface area contributed by atoms with E-state index in [0.29, 0.717) is 12.2 Å². The highest BCUT2D eigenvalue weighted by atomic mass is 79.9. The van der Waals surface area contributed by atoms with Crippen molar-refractivity contribution in [1.82, 2.24) is 0 Å². The smallest absolute Gasteiger partial charge is 0.152 e. The van der Waals surface area contributed by atoms with E-state index in [2.05, 4.69) is 15.9 Å². The summed E-state index contributed by atoms with van der Waals surface area (Å²) in [5.74, 6) is 0.302. The van der Waals surface area contributed by atoms with Gasteiger partial charge in [0.15, 0.2) is 9.84 Å². The molecule has 0 aromatic heterocycles. The third-order valence-electron chi connectivity index (χ3n) is 1.28. The Kier molecular flexibility index (Phi) is 4.52. The molecule has 0 N–H and O–H groups in total. The Morgan fingerprint density at radius 3 is 2.20 bits per heavy atom. The van der Waals surface area contributed by atoms with Gasteiger partial charge in [0.25, 0.3) is 0 Å². The second-order valence-electron chi connectivity index (χ2n) is 2.46. The molecule has 0 aromatic carbocycles. The lowest BCUT2D eigenvalue weighted by molar-refractivity contribution is 0.586. The average molecular weight is 229 g/mol. The maximum Gasteiger partial charge on any atom is 0.152 e. The summed E-state index contributed by atoms with van der Waals surface area (Å²) in [5.41, 5.74) is 0. The molecule has 0 heterocycles. The molecular formula is C6H13BrO2S. The van der Waals surface area contributed by atoms with E-state index >= 15 is 0 Å². The van der Waals surface area contributed by atoms with E-state index in [1.54, 1.807) is 13.8 Å². The summed E-state index contributed by atoms with van der Waals surface area (Å²) >= 11 is 3.19. The van der Waals surface area contributed by atoms with Crippen LogP contribution in [-0.2, 0) is 9.84 Å². The maximum atomic E-state index is 11.1. The van der Waals surface area contributed by atoms with Crippen LogP contribution in [0.15, 0.2) is 0 Å². The molecule has 0 fully saturated rings. The third-order valence-corrected chi connectivity index (χ3v) is 4.14. The van der Waals surface area contributed by atoms with Crippen molar-refractivity contribution in [3.63, 3.8) is 0 Å². The Labute approximate surface area is 71.1 Å². The van der Waals surface area contributed by atoms with Crippen LogP contribution in [0.5, 0.6) is 0 Å². The Hall–Kier alpha value is 0.430. The zero-order valence-electron chi connectivity index (χ0n) is 6.30. The SMILES string of the molecule is CC(C)S(=O)(=O)CCCBr. The van der Waals surface area contributed by atoms with E-state index in [1.807, 2.05) is 0 Å². The number of sulfone groups is 1. The molecule has 0 aliphatic carbocycles. The fraction of sp³-hybridized carbons (Fsp3) is 1.00. The van der Waals surface area contributed by atoms with Gasteiger partial charge in [-0.25, -0.2) is 8.42 Å². The van der Waals surface area contributed by atoms with Gasteiger partial charge in [0.1, 0.15) is 0 Å². The zero-order valence-corrected chi connectivity index (χ0v) is 8.70. The highest BCUT2D eigenvalue weighted by molar-refractivity contribution is 9.09. The fourth-order valence-corrected chi connectivity index (χ4v) is 2.16. The Balaban J connectivity index is 3.90. The summed E-state index contributed by atoms with van der Waals surface area (Å²) in [4.78, 5) is 0. The van der Waals surface area contributed by atoms with Crippen LogP contribution in [0.2, 0.25) is 0 Å². The first-order valence-corrected chi connectivity index (χ1v) is 6.12. The monoisotopic (exact) mass is 228 g/mol. The van der Waals surface area contributed by atoms with Crippen LogP contribution in [0.25, 0.3) is 0 Å². The van der Waals surface area contributed by atoms with Crippen LogP contribution >= 0.6 is 15.9 Å². The number of hydrogen-bond acceptors (Lipinski definition) is 2. The normalized spacial score (nSPS) is 12.4. The molecule has 0 amide bonds. The predicted molar refractivity (Wildman–Crippen MR) is 47.3 cm³/mol. The van der Waals surface area contributed by atoms with E-state index < -0.39 is 9.84 Å². The topological polar surface area (TPSA) is 34.1 Å². The lowest BCUT2D eigenvalue weighted by Crippen LogP contribution is -2.17. The average Bonchev–Trinajstić information content (AvgIpc) is 1.84. The molecule has 0 unspecified atom stereocenters. The first-order valence-electron chi connectivity index (χ1n) is 3.28. The van der Waals surface area contributed by atoms with E-state index in [0.717, 1.165) is 5.33 Å². The van der Waals surface area contributed by atoms with Crippen LogP contribution in [0.1, 0.15) is 20.3 Å². The summed E-state index contributed by atoms with van der Waals surface area (Å²) in [5, 5.41) is 0.533. The highest BCUT2D eigenvalue weighted by Gasteiger charge is 2.14. The van der Waals surface area contributed by atoms with Gasteiger partial charge in [-0.15, -0.1) is 0 Å². The summed E-state index contributed by atoms with van der Waals surface area (Å²) in [6, 6.07) is 0. The number of halogens is 1. The Morgan fingerprint density at radius 1 is 1.40 bits per heavy atom. The largest absolute Gasteiger partial charge is 0.229 e. The predicted octanol–water partition coefficient (Wildman–Crippen LogP) is 1.59. The maximum absolute atomic E-state index is 11.1. The minimum absolute atomic E-state index is 0.230. The van der Waals surface area contributed by atoms with Crippen molar-refractivity contribution < 1.29 is 8.42 Å². The van der Waals surface area contributed by atoms with Crippen LogP contribution in [0.3, 0.4) is 0 Å². The molecule has 0 saturated heterocycles. The van der Waals surface area contributed by atoms with Crippen molar-refractivity contribution in [3.8, 4) is 0 Å². The Morgan fingerprint density at radius 2 is 1.90 bits per heavy atom. The van der Waals surface area contributed by atoms with Crippen LogP contribution in [0, 0.1) is 0 Å². The molecule has 0 aromatic rings. The summed E-state index contributed by atoms with van der Waals surface area (Å²) in [6.07, 6.45) is 0.709. The van der Waals surface area contributed by atoms with Gasteiger partial charge in [-0.1, -0.05) is 15.9 Å². The van der Waals surface area contributed by atoms with Gasteiger partial charge in [-0.05, 0) is 20.3 Å². The van der Waals surface area contributed by atoms with E-state index in [4.69, 9.17) is 0 Å². The lowest BCUT2D eigenvalue weighted by Gasteiger charge is -2.04. The molecule has 4 heteroatoms. The third kappa shape index (κ3) is 3.56. The first kappa shape index (κ1) is 10.4. The number of rotatable bonds is 4. The molecular weight excluding hydrogens is 216 g/mol. The van der Waals surface area contributed by atoms with Crippen LogP contribution < -0.4 is 0 Å².